The molecule has 0 aliphatic carbocycles. The Morgan fingerprint density at radius 2 is 2.32 bits per heavy atom. The summed E-state index contributed by atoms with van der Waals surface area (Å²) in [5.74, 6) is 1.92. The highest BCUT2D eigenvalue weighted by atomic mass is 16.3. The van der Waals surface area contributed by atoms with Crippen molar-refractivity contribution in [1.29, 1.82) is 0 Å². The molecule has 0 aliphatic heterocycles. The summed E-state index contributed by atoms with van der Waals surface area (Å²) in [5, 5.41) is 3.37. The highest BCUT2D eigenvalue weighted by molar-refractivity contribution is 5.80. The maximum absolute atomic E-state index is 5.31. The molecule has 0 saturated carbocycles. The smallest absolute Gasteiger partial charge is 0.193 e. The van der Waals surface area contributed by atoms with Gasteiger partial charge in [0.05, 0.1) is 6.26 Å². The van der Waals surface area contributed by atoms with Crippen molar-refractivity contribution in [3.8, 4) is 0 Å². The maximum Gasteiger partial charge on any atom is 0.193 e. The van der Waals surface area contributed by atoms with E-state index in [-0.39, 0.29) is 0 Å². The number of nitrogens with zero attached hydrogens (tertiary/aromatic N) is 2. The van der Waals surface area contributed by atoms with E-state index in [0.717, 1.165) is 49.8 Å². The van der Waals surface area contributed by atoms with Crippen LogP contribution in [0.5, 0.6) is 0 Å². The molecule has 0 saturated heterocycles. The van der Waals surface area contributed by atoms with E-state index in [1.165, 1.54) is 0 Å². The van der Waals surface area contributed by atoms with E-state index in [9.17, 15) is 0 Å². The van der Waals surface area contributed by atoms with Crippen LogP contribution in [0.3, 0.4) is 0 Å². The van der Waals surface area contributed by atoms with Crippen molar-refractivity contribution in [2.45, 2.75) is 26.7 Å². The lowest BCUT2D eigenvalue weighted by atomic mass is 10.3. The lowest BCUT2D eigenvalue weighted by Crippen LogP contribution is -2.40. The first kappa shape index (κ1) is 15.3. The fourth-order valence-electron chi connectivity index (χ4n) is 1.76. The Kier molecular flexibility index (Phi) is 6.79. The first-order valence-electron chi connectivity index (χ1n) is 6.79. The van der Waals surface area contributed by atoms with Crippen molar-refractivity contribution in [3.63, 3.8) is 0 Å². The lowest BCUT2D eigenvalue weighted by Gasteiger charge is -2.22. The van der Waals surface area contributed by atoms with Gasteiger partial charge in [-0.05, 0) is 25.5 Å². The number of nitrogens with one attached hydrogen (secondary N) is 1. The summed E-state index contributed by atoms with van der Waals surface area (Å²) in [4.78, 5) is 6.67. The van der Waals surface area contributed by atoms with E-state index in [0.29, 0.717) is 0 Å². The maximum atomic E-state index is 5.31. The molecule has 1 aromatic heterocycles. The van der Waals surface area contributed by atoms with Crippen molar-refractivity contribution in [2.75, 3.05) is 26.7 Å². The summed E-state index contributed by atoms with van der Waals surface area (Å²) in [5.41, 5.74) is 1.12. The van der Waals surface area contributed by atoms with Gasteiger partial charge < -0.3 is 14.6 Å². The molecule has 4 nitrogen and oxygen atoms in total. The summed E-state index contributed by atoms with van der Waals surface area (Å²) >= 11 is 0. The van der Waals surface area contributed by atoms with E-state index in [2.05, 4.69) is 28.7 Å². The second-order valence-electron chi connectivity index (χ2n) is 4.77. The third kappa shape index (κ3) is 6.13. The topological polar surface area (TPSA) is 40.8 Å². The molecule has 1 N–H and O–H groups in total. The standard InChI is InChI=1S/C15H25N3O/c1-5-9-16-15(18(4)12-13(2)3)17-10-8-14-7-6-11-19-14/h6-7,11H,2,5,8-10,12H2,1,3-4H3,(H,16,17). The van der Waals surface area contributed by atoms with E-state index in [4.69, 9.17) is 4.42 Å². The average Bonchev–Trinajstić information content (AvgIpc) is 2.85. The van der Waals surface area contributed by atoms with Crippen LogP contribution in [0.4, 0.5) is 0 Å². The van der Waals surface area contributed by atoms with Crippen LogP contribution in [-0.2, 0) is 6.42 Å². The molecular formula is C15H25N3O. The van der Waals surface area contributed by atoms with Crippen molar-refractivity contribution in [3.05, 3.63) is 36.3 Å². The summed E-state index contributed by atoms with van der Waals surface area (Å²) in [6.45, 7) is 10.6. The van der Waals surface area contributed by atoms with Gasteiger partial charge in [0, 0.05) is 33.1 Å². The van der Waals surface area contributed by atoms with Crippen LogP contribution in [0.2, 0.25) is 0 Å². The number of furan rings is 1. The number of hydrogen-bond donors (Lipinski definition) is 1. The first-order valence-corrected chi connectivity index (χ1v) is 6.79. The van der Waals surface area contributed by atoms with Crippen LogP contribution in [0, 0.1) is 0 Å². The average molecular weight is 263 g/mol. The minimum Gasteiger partial charge on any atom is -0.469 e. The Bertz CT molecular complexity index is 396. The third-order valence-corrected chi connectivity index (χ3v) is 2.59. The number of hydrogen-bond acceptors (Lipinski definition) is 2. The molecule has 0 unspecified atom stereocenters. The number of likely N-dealkylation sites (N-methyl/N-ethyl adjacent to an activating group) is 1. The van der Waals surface area contributed by atoms with Gasteiger partial charge in [-0.3, -0.25) is 4.99 Å². The molecule has 0 fully saturated rings. The van der Waals surface area contributed by atoms with Crippen molar-refractivity contribution >= 4 is 5.96 Å². The van der Waals surface area contributed by atoms with Gasteiger partial charge >= 0.3 is 0 Å². The highest BCUT2D eigenvalue weighted by Crippen LogP contribution is 2.00. The molecular weight excluding hydrogens is 238 g/mol. The Morgan fingerprint density at radius 3 is 2.89 bits per heavy atom. The van der Waals surface area contributed by atoms with Gasteiger partial charge in [-0.25, -0.2) is 0 Å². The second-order valence-corrected chi connectivity index (χ2v) is 4.77. The minimum absolute atomic E-state index is 0.816. The molecule has 0 aromatic carbocycles. The van der Waals surface area contributed by atoms with Gasteiger partial charge in [0.25, 0.3) is 0 Å². The minimum atomic E-state index is 0.816. The lowest BCUT2D eigenvalue weighted by molar-refractivity contribution is 0.493. The predicted molar refractivity (Wildman–Crippen MR) is 80.5 cm³/mol. The van der Waals surface area contributed by atoms with Crippen molar-refractivity contribution in [1.82, 2.24) is 10.2 Å². The zero-order chi connectivity index (χ0) is 14.1. The molecule has 1 rings (SSSR count). The van der Waals surface area contributed by atoms with Crippen LogP contribution >= 0.6 is 0 Å². The van der Waals surface area contributed by atoms with Crippen LogP contribution in [0.25, 0.3) is 0 Å². The van der Waals surface area contributed by atoms with E-state index in [1.807, 2.05) is 26.1 Å². The monoisotopic (exact) mass is 263 g/mol. The molecule has 1 heterocycles. The largest absolute Gasteiger partial charge is 0.469 e. The first-order chi connectivity index (χ1) is 9.13. The van der Waals surface area contributed by atoms with Gasteiger partial charge in [-0.2, -0.15) is 0 Å². The Hall–Kier alpha value is -1.71. The van der Waals surface area contributed by atoms with Gasteiger partial charge in [0.15, 0.2) is 5.96 Å². The molecule has 1 aromatic rings. The van der Waals surface area contributed by atoms with Crippen LogP contribution in [0.15, 0.2) is 40.0 Å². The van der Waals surface area contributed by atoms with E-state index < -0.39 is 0 Å². The zero-order valence-electron chi connectivity index (χ0n) is 12.3. The molecule has 4 heteroatoms. The van der Waals surface area contributed by atoms with Crippen LogP contribution < -0.4 is 5.32 Å². The normalized spacial score (nSPS) is 11.4. The zero-order valence-corrected chi connectivity index (χ0v) is 12.3. The van der Waals surface area contributed by atoms with E-state index >= 15 is 0 Å². The quantitative estimate of drug-likeness (QED) is 0.467. The Morgan fingerprint density at radius 1 is 1.53 bits per heavy atom. The molecule has 0 amide bonds. The molecule has 0 atom stereocenters. The SMILES string of the molecule is C=C(C)CN(C)C(=NCCC)NCCc1ccco1. The highest BCUT2D eigenvalue weighted by Gasteiger charge is 2.06. The molecule has 106 valence electrons. The summed E-state index contributed by atoms with van der Waals surface area (Å²) < 4.78 is 5.31. The third-order valence-electron chi connectivity index (χ3n) is 2.59. The predicted octanol–water partition coefficient (Wildman–Crippen LogP) is 2.69. The van der Waals surface area contributed by atoms with Crippen LogP contribution in [0.1, 0.15) is 26.0 Å². The van der Waals surface area contributed by atoms with Gasteiger partial charge in [0.2, 0.25) is 0 Å². The Balaban J connectivity index is 2.47. The van der Waals surface area contributed by atoms with Crippen molar-refractivity contribution < 1.29 is 4.42 Å². The van der Waals surface area contributed by atoms with E-state index in [1.54, 1.807) is 6.26 Å². The summed E-state index contributed by atoms with van der Waals surface area (Å²) in [7, 11) is 2.03. The molecule has 19 heavy (non-hydrogen) atoms. The number of rotatable bonds is 7. The van der Waals surface area contributed by atoms with Crippen molar-refractivity contribution in [2.24, 2.45) is 4.99 Å². The summed E-state index contributed by atoms with van der Waals surface area (Å²) in [6, 6.07) is 3.90. The molecule has 0 aliphatic rings. The second kappa shape index (κ2) is 8.40. The number of aliphatic imine (C=N–C) groups is 1. The molecule has 0 radical (unpaired) electrons. The molecule has 0 spiro atoms. The van der Waals surface area contributed by atoms with Crippen LogP contribution in [-0.4, -0.2) is 37.5 Å². The van der Waals surface area contributed by atoms with Gasteiger partial charge in [-0.15, -0.1) is 0 Å². The van der Waals surface area contributed by atoms with Gasteiger partial charge in [0.1, 0.15) is 5.76 Å². The fraction of sp³-hybridized carbons (Fsp3) is 0.533. The Labute approximate surface area is 116 Å². The summed E-state index contributed by atoms with van der Waals surface area (Å²) in [6.07, 6.45) is 3.61. The molecule has 0 bridgehead atoms. The number of guanidine groups is 1. The van der Waals surface area contributed by atoms with Gasteiger partial charge in [-0.1, -0.05) is 19.1 Å². The fourth-order valence-corrected chi connectivity index (χ4v) is 1.76.